The van der Waals surface area contributed by atoms with Crippen molar-refractivity contribution in [2.24, 2.45) is 7.05 Å². The van der Waals surface area contributed by atoms with E-state index < -0.39 is 9.84 Å². The summed E-state index contributed by atoms with van der Waals surface area (Å²) < 4.78 is 27.9. The fraction of sp³-hybridized carbons (Fsp3) is 0.310. The van der Waals surface area contributed by atoms with Gasteiger partial charge in [-0.3, -0.25) is 9.48 Å². The first kappa shape index (κ1) is 26.8. The van der Waals surface area contributed by atoms with Gasteiger partial charge in [0.05, 0.1) is 22.3 Å². The van der Waals surface area contributed by atoms with Crippen LogP contribution in [0.15, 0.2) is 59.6 Å². The summed E-state index contributed by atoms with van der Waals surface area (Å²) in [4.78, 5) is 21.3. The zero-order chi connectivity index (χ0) is 28.9. The predicted octanol–water partition coefficient (Wildman–Crippen LogP) is 3.28. The maximum Gasteiger partial charge on any atom is 0.219 e. The highest BCUT2D eigenvalue weighted by Gasteiger charge is 2.23. The maximum absolute atomic E-state index is 12.1. The van der Waals surface area contributed by atoms with Gasteiger partial charge in [-0.2, -0.15) is 14.7 Å². The number of rotatable bonds is 6. The monoisotopic (exact) mass is 572 g/mol. The van der Waals surface area contributed by atoms with Crippen molar-refractivity contribution in [3.8, 4) is 11.1 Å². The number of nitrogens with one attached hydrogen (secondary N) is 1. The van der Waals surface area contributed by atoms with Crippen LogP contribution >= 0.6 is 0 Å². The van der Waals surface area contributed by atoms with Gasteiger partial charge in [0.25, 0.3) is 0 Å². The molecule has 0 aliphatic carbocycles. The van der Waals surface area contributed by atoms with Gasteiger partial charge in [0.1, 0.15) is 11.6 Å². The minimum atomic E-state index is -3.32. The molecule has 1 aliphatic rings. The van der Waals surface area contributed by atoms with E-state index in [1.807, 2.05) is 46.4 Å². The fourth-order valence-electron chi connectivity index (χ4n) is 5.37. The number of carbonyl (C=O) groups is 1. The number of amides is 1. The van der Waals surface area contributed by atoms with Gasteiger partial charge >= 0.3 is 0 Å². The molecule has 12 heteroatoms. The minimum absolute atomic E-state index is 0.0750. The van der Waals surface area contributed by atoms with E-state index in [1.165, 1.54) is 6.26 Å². The van der Waals surface area contributed by atoms with Crippen molar-refractivity contribution >= 4 is 43.9 Å². The molecule has 6 rings (SSSR count). The number of hydrogen-bond donors (Lipinski definition) is 1. The molecule has 1 saturated heterocycles. The molecule has 41 heavy (non-hydrogen) atoms. The Labute approximate surface area is 238 Å². The Kier molecular flexibility index (Phi) is 6.65. The second kappa shape index (κ2) is 10.2. The normalized spacial score (nSPS) is 14.2. The van der Waals surface area contributed by atoms with Crippen LogP contribution in [0.5, 0.6) is 0 Å². The standard InChI is InChI=1S/C29H32N8O3S/c1-19-28(22-8-9-23-18-31-34(3)25(23)15-22)29-32-27(36-12-10-35(11-13-36)20(2)38)16-26(37(29)33-19)30-17-21-6-5-7-24(14-21)41(4,39)40/h5-9,14-16,18,30H,10-13,17H2,1-4H3. The second-order valence-corrected chi connectivity index (χ2v) is 12.5. The van der Waals surface area contributed by atoms with Crippen LogP contribution in [0, 0.1) is 6.92 Å². The molecule has 212 valence electrons. The molecule has 3 aromatic heterocycles. The lowest BCUT2D eigenvalue weighted by atomic mass is 10.0. The van der Waals surface area contributed by atoms with Crippen molar-refractivity contribution in [2.75, 3.05) is 42.7 Å². The number of hydrogen-bond acceptors (Lipinski definition) is 8. The topological polar surface area (TPSA) is 118 Å². The van der Waals surface area contributed by atoms with Crippen LogP contribution in [0.4, 0.5) is 11.6 Å². The van der Waals surface area contributed by atoms with E-state index in [9.17, 15) is 13.2 Å². The first-order valence-electron chi connectivity index (χ1n) is 13.4. The molecule has 1 amide bonds. The van der Waals surface area contributed by atoms with Gasteiger partial charge in [0.15, 0.2) is 15.5 Å². The zero-order valence-corrected chi connectivity index (χ0v) is 24.3. The van der Waals surface area contributed by atoms with E-state index in [0.717, 1.165) is 44.9 Å². The van der Waals surface area contributed by atoms with Gasteiger partial charge in [-0.15, -0.1) is 0 Å². The smallest absolute Gasteiger partial charge is 0.219 e. The van der Waals surface area contributed by atoms with Crippen LogP contribution in [0.1, 0.15) is 18.2 Å². The third kappa shape index (κ3) is 5.10. The molecule has 0 unspecified atom stereocenters. The maximum atomic E-state index is 12.1. The Morgan fingerprint density at radius 2 is 1.83 bits per heavy atom. The highest BCUT2D eigenvalue weighted by molar-refractivity contribution is 7.90. The van der Waals surface area contributed by atoms with Gasteiger partial charge in [0.2, 0.25) is 5.91 Å². The molecule has 1 aliphatic heterocycles. The van der Waals surface area contributed by atoms with Crippen molar-refractivity contribution in [3.63, 3.8) is 0 Å². The molecule has 0 bridgehead atoms. The molecule has 1 N–H and O–H groups in total. The predicted molar refractivity (Wildman–Crippen MR) is 159 cm³/mol. The molecule has 0 atom stereocenters. The third-order valence-electron chi connectivity index (χ3n) is 7.64. The second-order valence-electron chi connectivity index (χ2n) is 10.5. The van der Waals surface area contributed by atoms with E-state index in [4.69, 9.17) is 10.1 Å². The highest BCUT2D eigenvalue weighted by atomic mass is 32.2. The summed E-state index contributed by atoms with van der Waals surface area (Å²) in [5.41, 5.74) is 5.32. The highest BCUT2D eigenvalue weighted by Crippen LogP contribution is 2.33. The first-order chi connectivity index (χ1) is 19.6. The number of fused-ring (bicyclic) bond motifs is 2. The van der Waals surface area contributed by atoms with Crippen LogP contribution in [0.2, 0.25) is 0 Å². The van der Waals surface area contributed by atoms with Crippen molar-refractivity contribution < 1.29 is 13.2 Å². The number of sulfone groups is 1. The summed E-state index contributed by atoms with van der Waals surface area (Å²) in [5.74, 6) is 1.60. The lowest BCUT2D eigenvalue weighted by Crippen LogP contribution is -2.48. The van der Waals surface area contributed by atoms with Crippen LogP contribution in [-0.2, 0) is 28.2 Å². The Morgan fingerprint density at radius 1 is 1.05 bits per heavy atom. The van der Waals surface area contributed by atoms with E-state index in [1.54, 1.807) is 25.1 Å². The van der Waals surface area contributed by atoms with Gasteiger partial charge < -0.3 is 15.1 Å². The number of benzene rings is 2. The van der Waals surface area contributed by atoms with Crippen LogP contribution < -0.4 is 10.2 Å². The molecular formula is C29H32N8O3S. The molecule has 2 aromatic carbocycles. The summed E-state index contributed by atoms with van der Waals surface area (Å²) in [6, 6.07) is 15.1. The first-order valence-corrected chi connectivity index (χ1v) is 15.3. The quantitative estimate of drug-likeness (QED) is 0.330. The molecule has 0 radical (unpaired) electrons. The molecule has 5 aromatic rings. The number of carbonyl (C=O) groups excluding carboxylic acids is 1. The lowest BCUT2D eigenvalue weighted by molar-refractivity contribution is -0.129. The van der Waals surface area contributed by atoms with E-state index in [0.29, 0.717) is 38.4 Å². The number of anilines is 2. The number of piperazine rings is 1. The van der Waals surface area contributed by atoms with Crippen molar-refractivity contribution in [3.05, 3.63) is 66.0 Å². The van der Waals surface area contributed by atoms with Gasteiger partial charge in [-0.25, -0.2) is 13.4 Å². The number of aryl methyl sites for hydroxylation is 2. The largest absolute Gasteiger partial charge is 0.366 e. The number of aromatic nitrogens is 5. The Bertz CT molecular complexity index is 1900. The zero-order valence-electron chi connectivity index (χ0n) is 23.5. The fourth-order valence-corrected chi connectivity index (χ4v) is 6.06. The van der Waals surface area contributed by atoms with Crippen LogP contribution in [-0.4, -0.2) is 76.0 Å². The summed E-state index contributed by atoms with van der Waals surface area (Å²) >= 11 is 0. The molecule has 0 spiro atoms. The van der Waals surface area contributed by atoms with Gasteiger partial charge in [0, 0.05) is 70.0 Å². The van der Waals surface area contributed by atoms with E-state index in [-0.39, 0.29) is 10.8 Å². The summed E-state index contributed by atoms with van der Waals surface area (Å²) in [7, 11) is -1.39. The lowest BCUT2D eigenvalue weighted by Gasteiger charge is -2.35. The van der Waals surface area contributed by atoms with Crippen LogP contribution in [0.25, 0.3) is 27.7 Å². The van der Waals surface area contributed by atoms with Crippen molar-refractivity contribution in [1.82, 2.24) is 29.3 Å². The van der Waals surface area contributed by atoms with E-state index in [2.05, 4.69) is 33.5 Å². The Hall–Kier alpha value is -4.45. The third-order valence-corrected chi connectivity index (χ3v) is 8.75. The minimum Gasteiger partial charge on any atom is -0.366 e. The van der Waals surface area contributed by atoms with Crippen molar-refractivity contribution in [1.29, 1.82) is 0 Å². The Balaban J connectivity index is 1.43. The summed E-state index contributed by atoms with van der Waals surface area (Å²) in [5, 5.41) is 13.8. The summed E-state index contributed by atoms with van der Waals surface area (Å²) in [6.45, 7) is 6.57. The molecular weight excluding hydrogens is 540 g/mol. The molecule has 4 heterocycles. The molecule has 11 nitrogen and oxygen atoms in total. The average Bonchev–Trinajstić information content (AvgIpc) is 3.49. The molecule has 0 saturated carbocycles. The van der Waals surface area contributed by atoms with Gasteiger partial charge in [-0.05, 0) is 36.2 Å². The van der Waals surface area contributed by atoms with Crippen LogP contribution in [0.3, 0.4) is 0 Å². The molecule has 1 fully saturated rings. The SMILES string of the molecule is CC(=O)N1CCN(c2cc(NCc3cccc(S(C)(=O)=O)c3)n3nc(C)c(-c4ccc5cnn(C)c5c4)c3n2)CC1. The van der Waals surface area contributed by atoms with Gasteiger partial charge in [-0.1, -0.05) is 24.3 Å². The van der Waals surface area contributed by atoms with E-state index >= 15 is 0 Å². The average molecular weight is 573 g/mol. The summed E-state index contributed by atoms with van der Waals surface area (Å²) in [6.07, 6.45) is 3.06. The Morgan fingerprint density at radius 3 is 2.56 bits per heavy atom. The number of nitrogens with zero attached hydrogens (tertiary/aromatic N) is 7. The van der Waals surface area contributed by atoms with Crippen molar-refractivity contribution in [2.45, 2.75) is 25.3 Å².